The van der Waals surface area contributed by atoms with Crippen molar-refractivity contribution < 1.29 is 9.32 Å². The van der Waals surface area contributed by atoms with Gasteiger partial charge < -0.3 is 4.52 Å². The van der Waals surface area contributed by atoms with E-state index in [4.69, 9.17) is 4.52 Å². The molecule has 0 fully saturated rings. The van der Waals surface area contributed by atoms with E-state index >= 15 is 0 Å². The minimum atomic E-state index is -0.250. The Bertz CT molecular complexity index is 1180. The third kappa shape index (κ3) is 4.47. The molecule has 1 N–H and O–H groups in total. The zero-order chi connectivity index (χ0) is 20.2. The van der Waals surface area contributed by atoms with Crippen LogP contribution in [0.15, 0.2) is 65.2 Å². The molecule has 0 atom stereocenters. The molecule has 0 saturated heterocycles. The number of aryl methyl sites for hydroxylation is 2. The molecule has 7 heteroatoms. The van der Waals surface area contributed by atoms with Crippen LogP contribution in [0.2, 0.25) is 0 Å². The quantitative estimate of drug-likeness (QED) is 0.468. The molecule has 2 aromatic heterocycles. The van der Waals surface area contributed by atoms with Crippen LogP contribution in [0.3, 0.4) is 0 Å². The number of carbonyl (C=O) groups is 1. The van der Waals surface area contributed by atoms with E-state index in [0.717, 1.165) is 27.3 Å². The van der Waals surface area contributed by atoms with Crippen LogP contribution in [-0.4, -0.2) is 21.0 Å². The third-order valence-electron chi connectivity index (χ3n) is 4.15. The maximum Gasteiger partial charge on any atom is 0.270 e. The van der Waals surface area contributed by atoms with Crippen LogP contribution in [0, 0.1) is 13.8 Å². The molecular weight excluding hydrogens is 384 g/mol. The molecule has 0 spiro atoms. The van der Waals surface area contributed by atoms with Gasteiger partial charge in [-0.05, 0) is 31.6 Å². The zero-order valence-electron chi connectivity index (χ0n) is 15.9. The minimum absolute atomic E-state index is 0.250. The van der Waals surface area contributed by atoms with Gasteiger partial charge in [0.2, 0.25) is 11.7 Å². The molecule has 2 heterocycles. The summed E-state index contributed by atoms with van der Waals surface area (Å²) in [6.45, 7) is 3.86. The maximum absolute atomic E-state index is 12.2. The Hall–Kier alpha value is -3.58. The maximum atomic E-state index is 12.2. The SMILES string of the molecule is Cc1cccc(-c2noc(-c3sc(NC(=O)C=Cc4ccccc4)nc3C)n2)c1. The van der Waals surface area contributed by atoms with Crippen LogP contribution in [0.25, 0.3) is 28.2 Å². The van der Waals surface area contributed by atoms with Crippen molar-refractivity contribution in [2.75, 3.05) is 5.32 Å². The van der Waals surface area contributed by atoms with Gasteiger partial charge in [-0.2, -0.15) is 4.98 Å². The Morgan fingerprint density at radius 1 is 1.07 bits per heavy atom. The lowest BCUT2D eigenvalue weighted by Gasteiger charge is -1.95. The van der Waals surface area contributed by atoms with Crippen LogP contribution < -0.4 is 5.32 Å². The summed E-state index contributed by atoms with van der Waals surface area (Å²) in [5, 5.41) is 7.34. The predicted octanol–water partition coefficient (Wildman–Crippen LogP) is 5.13. The lowest BCUT2D eigenvalue weighted by molar-refractivity contribution is -0.111. The number of aromatic nitrogens is 3. The molecule has 0 radical (unpaired) electrons. The van der Waals surface area contributed by atoms with E-state index in [9.17, 15) is 4.79 Å². The first-order valence-electron chi connectivity index (χ1n) is 9.01. The molecule has 4 rings (SSSR count). The molecule has 29 heavy (non-hydrogen) atoms. The highest BCUT2D eigenvalue weighted by Crippen LogP contribution is 2.32. The number of thiazole rings is 1. The first kappa shape index (κ1) is 18.8. The van der Waals surface area contributed by atoms with E-state index in [0.29, 0.717) is 16.8 Å². The largest absolute Gasteiger partial charge is 0.333 e. The van der Waals surface area contributed by atoms with E-state index in [1.807, 2.05) is 68.4 Å². The van der Waals surface area contributed by atoms with E-state index in [2.05, 4.69) is 20.4 Å². The molecule has 1 amide bonds. The standard InChI is InChI=1S/C22H18N4O2S/c1-14-7-6-10-17(13-14)20-25-21(28-26-20)19-15(2)23-22(29-19)24-18(27)12-11-16-8-4-3-5-9-16/h3-13H,1-2H3,(H,23,24,27). The first-order chi connectivity index (χ1) is 14.1. The average Bonchev–Trinajstić information content (AvgIpc) is 3.34. The van der Waals surface area contributed by atoms with Gasteiger partial charge in [-0.25, -0.2) is 4.98 Å². The summed E-state index contributed by atoms with van der Waals surface area (Å²) < 4.78 is 5.43. The van der Waals surface area contributed by atoms with Crippen molar-refractivity contribution in [1.29, 1.82) is 0 Å². The van der Waals surface area contributed by atoms with Gasteiger partial charge in [0.1, 0.15) is 4.88 Å². The van der Waals surface area contributed by atoms with Crippen molar-refractivity contribution in [2.45, 2.75) is 13.8 Å². The number of amides is 1. The van der Waals surface area contributed by atoms with E-state index in [1.54, 1.807) is 6.08 Å². The molecule has 2 aromatic carbocycles. The summed E-state index contributed by atoms with van der Waals surface area (Å²) in [5.41, 5.74) is 3.68. The van der Waals surface area contributed by atoms with Gasteiger partial charge in [-0.1, -0.05) is 70.6 Å². The van der Waals surface area contributed by atoms with E-state index in [-0.39, 0.29) is 5.91 Å². The molecule has 0 unspecified atom stereocenters. The van der Waals surface area contributed by atoms with E-state index < -0.39 is 0 Å². The van der Waals surface area contributed by atoms with Crippen LogP contribution in [0.1, 0.15) is 16.8 Å². The Balaban J connectivity index is 1.50. The Labute approximate surface area is 171 Å². The van der Waals surface area contributed by atoms with E-state index in [1.165, 1.54) is 17.4 Å². The summed E-state index contributed by atoms with van der Waals surface area (Å²) in [5.74, 6) is 0.657. The zero-order valence-corrected chi connectivity index (χ0v) is 16.7. The van der Waals surface area contributed by atoms with Crippen molar-refractivity contribution in [3.8, 4) is 22.2 Å². The lowest BCUT2D eigenvalue weighted by Crippen LogP contribution is -2.07. The molecule has 144 valence electrons. The molecule has 0 aliphatic carbocycles. The van der Waals surface area contributed by atoms with Crippen molar-refractivity contribution in [3.63, 3.8) is 0 Å². The Morgan fingerprint density at radius 2 is 1.90 bits per heavy atom. The van der Waals surface area contributed by atoms with Gasteiger partial charge in [-0.15, -0.1) is 0 Å². The van der Waals surface area contributed by atoms with Gasteiger partial charge >= 0.3 is 0 Å². The number of benzene rings is 2. The third-order valence-corrected chi connectivity index (χ3v) is 5.21. The second kappa shape index (κ2) is 8.20. The smallest absolute Gasteiger partial charge is 0.270 e. The lowest BCUT2D eigenvalue weighted by atomic mass is 10.1. The summed E-state index contributed by atoms with van der Waals surface area (Å²) in [4.78, 5) is 21.8. The van der Waals surface area contributed by atoms with Crippen molar-refractivity contribution in [3.05, 3.63) is 77.5 Å². The highest BCUT2D eigenvalue weighted by atomic mass is 32.1. The fourth-order valence-corrected chi connectivity index (χ4v) is 3.64. The van der Waals surface area contributed by atoms with Crippen molar-refractivity contribution >= 4 is 28.5 Å². The highest BCUT2D eigenvalue weighted by Gasteiger charge is 2.18. The molecule has 6 nitrogen and oxygen atoms in total. The molecule has 0 bridgehead atoms. The van der Waals surface area contributed by atoms with Crippen LogP contribution in [0.4, 0.5) is 5.13 Å². The summed E-state index contributed by atoms with van der Waals surface area (Å²) in [7, 11) is 0. The Kier molecular flexibility index (Phi) is 5.31. The van der Waals surface area contributed by atoms with Gasteiger partial charge in [0.15, 0.2) is 5.13 Å². The van der Waals surface area contributed by atoms with Gasteiger partial charge in [0.05, 0.1) is 5.69 Å². The number of hydrogen-bond donors (Lipinski definition) is 1. The number of nitrogens with one attached hydrogen (secondary N) is 1. The second-order valence-corrected chi connectivity index (χ2v) is 7.46. The Morgan fingerprint density at radius 3 is 2.69 bits per heavy atom. The topological polar surface area (TPSA) is 80.9 Å². The summed E-state index contributed by atoms with van der Waals surface area (Å²) in [6.07, 6.45) is 3.23. The number of rotatable bonds is 5. The fraction of sp³-hybridized carbons (Fsp3) is 0.0909. The van der Waals surface area contributed by atoms with Crippen molar-refractivity contribution in [2.24, 2.45) is 0 Å². The van der Waals surface area contributed by atoms with Gasteiger partial charge in [-0.3, -0.25) is 10.1 Å². The van der Waals surface area contributed by atoms with Crippen molar-refractivity contribution in [1.82, 2.24) is 15.1 Å². The molecule has 4 aromatic rings. The first-order valence-corrected chi connectivity index (χ1v) is 9.83. The number of hydrogen-bond acceptors (Lipinski definition) is 6. The predicted molar refractivity (Wildman–Crippen MR) is 114 cm³/mol. The fourth-order valence-electron chi connectivity index (χ4n) is 2.75. The molecule has 0 saturated carbocycles. The van der Waals surface area contributed by atoms with Gasteiger partial charge in [0, 0.05) is 11.6 Å². The number of carbonyl (C=O) groups excluding carboxylic acids is 1. The van der Waals surface area contributed by atoms with Gasteiger partial charge in [0.25, 0.3) is 5.89 Å². The monoisotopic (exact) mass is 402 g/mol. The van der Waals surface area contributed by atoms with Crippen LogP contribution >= 0.6 is 11.3 Å². The van der Waals surface area contributed by atoms with Crippen LogP contribution in [0.5, 0.6) is 0 Å². The normalized spacial score (nSPS) is 11.1. The number of nitrogens with zero attached hydrogens (tertiary/aromatic N) is 3. The summed E-state index contributed by atoms with van der Waals surface area (Å²) >= 11 is 1.30. The minimum Gasteiger partial charge on any atom is -0.333 e. The van der Waals surface area contributed by atoms with Crippen LogP contribution in [-0.2, 0) is 4.79 Å². The molecule has 0 aliphatic heterocycles. The highest BCUT2D eigenvalue weighted by molar-refractivity contribution is 7.19. The number of anilines is 1. The molecule has 0 aliphatic rings. The summed E-state index contributed by atoms with van der Waals surface area (Å²) in [6, 6.07) is 17.5. The average molecular weight is 402 g/mol. The second-order valence-electron chi connectivity index (χ2n) is 6.46. The molecular formula is C22H18N4O2S.